The summed E-state index contributed by atoms with van der Waals surface area (Å²) in [6, 6.07) is 19.6. The maximum Gasteiger partial charge on any atom is 0.0462 e. The van der Waals surface area contributed by atoms with Crippen LogP contribution in [0, 0.1) is 11.5 Å². The first-order valence-electron chi connectivity index (χ1n) is 6.94. The van der Waals surface area contributed by atoms with Gasteiger partial charge in [-0.1, -0.05) is 30.3 Å². The zero-order valence-electron chi connectivity index (χ0n) is 11.4. The number of para-hydroxylation sites is 1. The summed E-state index contributed by atoms with van der Waals surface area (Å²) < 4.78 is 0. The minimum Gasteiger partial charge on any atom is -0.368 e. The second kappa shape index (κ2) is 5.78. The molecule has 1 saturated heterocycles. The molecule has 2 aromatic rings. The van der Waals surface area contributed by atoms with Gasteiger partial charge in [0.25, 0.3) is 0 Å². The Bertz CT molecular complexity index is 572. The molecule has 101 valence electrons. The van der Waals surface area contributed by atoms with Gasteiger partial charge in [-0.05, 0) is 24.3 Å². The molecule has 1 aliphatic heterocycles. The van der Waals surface area contributed by atoms with Crippen LogP contribution in [0.1, 0.15) is 5.56 Å². The van der Waals surface area contributed by atoms with Gasteiger partial charge in [0.1, 0.15) is 0 Å². The highest BCUT2D eigenvalue weighted by atomic mass is 15.3. The zero-order valence-corrected chi connectivity index (χ0v) is 11.4. The van der Waals surface area contributed by atoms with Crippen LogP contribution >= 0.6 is 0 Å². The number of nitrogens with zero attached hydrogens (tertiary/aromatic N) is 2. The van der Waals surface area contributed by atoms with Crippen molar-refractivity contribution in [1.29, 1.82) is 5.41 Å². The van der Waals surface area contributed by atoms with Crippen LogP contribution in [0.2, 0.25) is 0 Å². The third kappa shape index (κ3) is 2.52. The highest BCUT2D eigenvalue weighted by Gasteiger charge is 2.18. The van der Waals surface area contributed by atoms with Crippen LogP contribution in [0.5, 0.6) is 0 Å². The fourth-order valence-electron chi connectivity index (χ4n) is 2.68. The van der Waals surface area contributed by atoms with E-state index in [1.807, 2.05) is 12.1 Å². The first-order chi connectivity index (χ1) is 9.88. The molecule has 0 unspecified atom stereocenters. The van der Waals surface area contributed by atoms with E-state index in [0.717, 1.165) is 37.4 Å². The van der Waals surface area contributed by atoms with Crippen LogP contribution in [-0.2, 0) is 0 Å². The number of rotatable bonds is 3. The molecule has 0 spiro atoms. The Morgan fingerprint density at radius 2 is 1.60 bits per heavy atom. The predicted octanol–water partition coefficient (Wildman–Crippen LogP) is 2.81. The molecule has 1 heterocycles. The smallest absolute Gasteiger partial charge is 0.0462 e. The second-order valence-corrected chi connectivity index (χ2v) is 4.92. The fraction of sp³-hybridized carbons (Fsp3) is 0.235. The van der Waals surface area contributed by atoms with Crippen molar-refractivity contribution in [2.75, 3.05) is 36.0 Å². The Morgan fingerprint density at radius 1 is 0.900 bits per heavy atom. The van der Waals surface area contributed by atoms with E-state index in [9.17, 15) is 0 Å². The molecule has 0 aromatic heterocycles. The topological polar surface area (TPSA) is 30.3 Å². The molecule has 20 heavy (non-hydrogen) atoms. The summed E-state index contributed by atoms with van der Waals surface area (Å²) in [4.78, 5) is 4.75. The molecule has 3 heteroatoms. The van der Waals surface area contributed by atoms with Gasteiger partial charge in [-0.3, -0.25) is 0 Å². The first-order valence-corrected chi connectivity index (χ1v) is 6.94. The highest BCUT2D eigenvalue weighted by Crippen LogP contribution is 2.22. The number of benzene rings is 2. The lowest BCUT2D eigenvalue weighted by Crippen LogP contribution is -2.46. The molecule has 0 atom stereocenters. The fourth-order valence-corrected chi connectivity index (χ4v) is 2.68. The van der Waals surface area contributed by atoms with Crippen LogP contribution in [0.3, 0.4) is 0 Å². The molecule has 3 rings (SSSR count). The Hall–Kier alpha value is -2.29. The number of hydrogen-bond donors (Lipinski definition) is 1. The highest BCUT2D eigenvalue weighted by molar-refractivity contribution is 5.85. The predicted molar refractivity (Wildman–Crippen MR) is 84.0 cm³/mol. The van der Waals surface area contributed by atoms with Crippen LogP contribution in [0.25, 0.3) is 0 Å². The van der Waals surface area contributed by atoms with E-state index in [1.165, 1.54) is 11.9 Å². The maximum atomic E-state index is 7.48. The van der Waals surface area contributed by atoms with E-state index in [1.54, 1.807) is 0 Å². The summed E-state index contributed by atoms with van der Waals surface area (Å²) in [5.41, 5.74) is 3.29. The summed E-state index contributed by atoms with van der Waals surface area (Å²) in [7, 11) is 0. The molecule has 1 N–H and O–H groups in total. The van der Waals surface area contributed by atoms with Gasteiger partial charge in [0.2, 0.25) is 0 Å². The molecule has 0 aliphatic carbocycles. The van der Waals surface area contributed by atoms with Crippen molar-refractivity contribution in [3.05, 3.63) is 60.2 Å². The van der Waals surface area contributed by atoms with Crippen molar-refractivity contribution in [2.24, 2.45) is 0 Å². The molecule has 0 saturated carbocycles. The Morgan fingerprint density at radius 3 is 2.30 bits per heavy atom. The molecular weight excluding hydrogens is 246 g/mol. The largest absolute Gasteiger partial charge is 0.368 e. The first kappa shape index (κ1) is 12.7. The lowest BCUT2D eigenvalue weighted by atomic mass is 10.1. The minimum atomic E-state index is 0.876. The van der Waals surface area contributed by atoms with Crippen LogP contribution in [0.4, 0.5) is 11.4 Å². The van der Waals surface area contributed by atoms with Gasteiger partial charge in [0.05, 0.1) is 0 Å². The number of anilines is 2. The SMILES string of the molecule is N=Cc1[c]cccc1N1CCN(c2ccccc2)CC1. The molecule has 0 amide bonds. The average molecular weight is 264 g/mol. The third-order valence-electron chi connectivity index (χ3n) is 3.75. The van der Waals surface area contributed by atoms with E-state index >= 15 is 0 Å². The van der Waals surface area contributed by atoms with Gasteiger partial charge in [0, 0.05) is 49.3 Å². The van der Waals surface area contributed by atoms with Crippen molar-refractivity contribution < 1.29 is 0 Å². The molecule has 0 bridgehead atoms. The molecule has 1 radical (unpaired) electrons. The van der Waals surface area contributed by atoms with Crippen molar-refractivity contribution in [3.8, 4) is 0 Å². The van der Waals surface area contributed by atoms with Gasteiger partial charge in [-0.15, -0.1) is 0 Å². The Balaban J connectivity index is 1.71. The molecule has 1 aliphatic rings. The summed E-state index contributed by atoms with van der Waals surface area (Å²) in [5, 5.41) is 7.48. The molecule has 3 nitrogen and oxygen atoms in total. The monoisotopic (exact) mass is 264 g/mol. The van der Waals surface area contributed by atoms with Crippen LogP contribution in [0.15, 0.2) is 48.5 Å². The van der Waals surface area contributed by atoms with Crippen molar-refractivity contribution in [2.45, 2.75) is 0 Å². The quantitative estimate of drug-likeness (QED) is 0.864. The molecular formula is C17H18N3. The Labute approximate surface area is 120 Å². The zero-order chi connectivity index (χ0) is 13.8. The normalized spacial score (nSPS) is 15.2. The van der Waals surface area contributed by atoms with E-state index in [0.29, 0.717) is 0 Å². The maximum absolute atomic E-state index is 7.48. The third-order valence-corrected chi connectivity index (χ3v) is 3.75. The molecule has 1 fully saturated rings. The summed E-state index contributed by atoms with van der Waals surface area (Å²) in [6.07, 6.45) is 1.39. The second-order valence-electron chi connectivity index (χ2n) is 4.92. The minimum absolute atomic E-state index is 0.876. The van der Waals surface area contributed by atoms with E-state index in [-0.39, 0.29) is 0 Å². The van der Waals surface area contributed by atoms with Crippen molar-refractivity contribution in [3.63, 3.8) is 0 Å². The number of hydrogen-bond acceptors (Lipinski definition) is 3. The molecule has 2 aromatic carbocycles. The van der Waals surface area contributed by atoms with E-state index < -0.39 is 0 Å². The standard InChI is InChI=1S/C17H18N3/c18-14-15-6-4-5-9-17(15)20-12-10-19(11-13-20)16-7-2-1-3-8-16/h1-5,7-9,14,18H,10-13H2. The van der Waals surface area contributed by atoms with Gasteiger partial charge >= 0.3 is 0 Å². The van der Waals surface area contributed by atoms with Gasteiger partial charge < -0.3 is 15.2 Å². The summed E-state index contributed by atoms with van der Waals surface area (Å²) in [6.45, 7) is 3.98. The number of piperazine rings is 1. The lowest BCUT2D eigenvalue weighted by Gasteiger charge is -2.37. The van der Waals surface area contributed by atoms with Crippen LogP contribution in [-0.4, -0.2) is 32.4 Å². The van der Waals surface area contributed by atoms with Crippen LogP contribution < -0.4 is 9.80 Å². The number of nitrogens with one attached hydrogen (secondary N) is 1. The van der Waals surface area contributed by atoms with Crippen molar-refractivity contribution >= 4 is 17.6 Å². The lowest BCUT2D eigenvalue weighted by molar-refractivity contribution is 0.653. The van der Waals surface area contributed by atoms with Crippen molar-refractivity contribution in [1.82, 2.24) is 0 Å². The average Bonchev–Trinajstić information content (AvgIpc) is 2.56. The van der Waals surface area contributed by atoms with Gasteiger partial charge in [-0.2, -0.15) is 0 Å². The van der Waals surface area contributed by atoms with Gasteiger partial charge in [0.15, 0.2) is 0 Å². The van der Waals surface area contributed by atoms with Gasteiger partial charge in [-0.25, -0.2) is 0 Å². The van der Waals surface area contributed by atoms with E-state index in [2.05, 4.69) is 52.3 Å². The Kier molecular flexibility index (Phi) is 3.68. The summed E-state index contributed by atoms with van der Waals surface area (Å²) >= 11 is 0. The summed E-state index contributed by atoms with van der Waals surface area (Å²) in [5.74, 6) is 0. The van der Waals surface area contributed by atoms with E-state index in [4.69, 9.17) is 5.41 Å².